The van der Waals surface area contributed by atoms with Crippen LogP contribution < -0.4 is 14.2 Å². The Morgan fingerprint density at radius 1 is 0.943 bits per heavy atom. The molecule has 0 amide bonds. The number of fused-ring (bicyclic) bond motifs is 2. The van der Waals surface area contributed by atoms with E-state index in [0.717, 1.165) is 0 Å². The summed E-state index contributed by atoms with van der Waals surface area (Å²) >= 11 is 6.69. The van der Waals surface area contributed by atoms with Gasteiger partial charge in [-0.1, -0.05) is 11.6 Å². The molecule has 180 valence electrons. The third kappa shape index (κ3) is 2.16. The molecular formula is C24H17ClO10. The van der Waals surface area contributed by atoms with Crippen molar-refractivity contribution in [2.24, 2.45) is 0 Å². The van der Waals surface area contributed by atoms with Crippen molar-refractivity contribution in [3.63, 3.8) is 0 Å². The highest BCUT2D eigenvalue weighted by molar-refractivity contribution is 6.33. The van der Waals surface area contributed by atoms with Crippen molar-refractivity contribution in [2.75, 3.05) is 27.8 Å². The van der Waals surface area contributed by atoms with Crippen LogP contribution in [-0.2, 0) is 35.1 Å². The van der Waals surface area contributed by atoms with Crippen LogP contribution in [0.25, 0.3) is 0 Å². The number of rotatable bonds is 6. The Balaban J connectivity index is 1.45. The van der Waals surface area contributed by atoms with Crippen LogP contribution in [0.3, 0.4) is 0 Å². The van der Waals surface area contributed by atoms with Crippen molar-refractivity contribution >= 4 is 23.2 Å². The number of halogens is 1. The van der Waals surface area contributed by atoms with E-state index >= 15 is 0 Å². The van der Waals surface area contributed by atoms with E-state index in [4.69, 9.17) is 49.5 Å². The predicted octanol–water partition coefficient (Wildman–Crippen LogP) is 2.05. The summed E-state index contributed by atoms with van der Waals surface area (Å²) in [5.74, 6) is -0.982. The molecule has 35 heavy (non-hydrogen) atoms. The van der Waals surface area contributed by atoms with Crippen LogP contribution >= 0.6 is 11.6 Å². The molecular weight excluding hydrogens is 484 g/mol. The van der Waals surface area contributed by atoms with Crippen molar-refractivity contribution in [2.45, 2.75) is 35.8 Å². The van der Waals surface area contributed by atoms with Crippen LogP contribution in [0.1, 0.15) is 37.4 Å². The highest BCUT2D eigenvalue weighted by Crippen LogP contribution is 2.71. The van der Waals surface area contributed by atoms with E-state index in [1.165, 1.54) is 14.2 Å². The quantitative estimate of drug-likeness (QED) is 0.431. The lowest BCUT2D eigenvalue weighted by Crippen LogP contribution is -2.53. The normalized spacial score (nSPS) is 35.4. The molecule has 11 heteroatoms. The minimum absolute atomic E-state index is 0.0501. The van der Waals surface area contributed by atoms with E-state index in [0.29, 0.717) is 33.8 Å². The summed E-state index contributed by atoms with van der Waals surface area (Å²) in [5.41, 5.74) is 0.858. The maximum Gasteiger partial charge on any atom is 0.269 e. The van der Waals surface area contributed by atoms with Crippen LogP contribution in [0.15, 0.2) is 18.2 Å². The Hall–Kier alpha value is -2.73. The third-order valence-corrected chi connectivity index (χ3v) is 7.76. The van der Waals surface area contributed by atoms with Gasteiger partial charge in [0.15, 0.2) is 54.8 Å². The molecule has 2 bridgehead atoms. The third-order valence-electron chi connectivity index (χ3n) is 7.48. The van der Waals surface area contributed by atoms with E-state index in [1.807, 2.05) is 0 Å². The van der Waals surface area contributed by atoms with E-state index < -0.39 is 35.8 Å². The first-order chi connectivity index (χ1) is 17.0. The van der Waals surface area contributed by atoms with Gasteiger partial charge in [-0.2, -0.15) is 0 Å². The topological polar surface area (TPSA) is 115 Å². The molecule has 10 nitrogen and oxygen atoms in total. The fraction of sp³-hybridized carbons (Fsp3) is 0.417. The van der Waals surface area contributed by atoms with Crippen molar-refractivity contribution in [1.82, 2.24) is 0 Å². The molecule has 2 fully saturated rings. The Kier molecular flexibility index (Phi) is 3.70. The van der Waals surface area contributed by atoms with Crippen molar-refractivity contribution < 1.29 is 47.5 Å². The molecule has 2 saturated heterocycles. The average Bonchev–Trinajstić information content (AvgIpc) is 3.76. The lowest BCUT2D eigenvalue weighted by molar-refractivity contribution is -0.262. The second kappa shape index (κ2) is 6.33. The Bertz CT molecular complexity index is 1390. The zero-order valence-electron chi connectivity index (χ0n) is 18.4. The first-order valence-electron chi connectivity index (χ1n) is 11.0. The fourth-order valence-electron chi connectivity index (χ4n) is 6.17. The lowest BCUT2D eigenvalue weighted by Gasteiger charge is -2.43. The first kappa shape index (κ1) is 20.5. The molecule has 4 heterocycles. The van der Waals surface area contributed by atoms with Crippen LogP contribution in [0.2, 0.25) is 5.02 Å². The molecule has 6 atom stereocenters. The molecule has 2 aromatic rings. The minimum atomic E-state index is -1.42. The van der Waals surface area contributed by atoms with E-state index in [1.54, 1.807) is 18.2 Å². The molecule has 0 N–H and O–H groups in total. The molecule has 2 aliphatic carbocycles. The standard InChI is InChI=1S/C24H17ClO10/c1-28-6-30-10-3-4-11-15-12(10)16(26)19-21(32-19)23(15)8-5-9(25)18(31-7-29-2)13-14(8)24(34-11,35-23)22-20(33-22)17(13)27/h3-5,19-22H,6-7H2,1-2H3/t19-,20-,21-,22-,23+,24+/m1/s1. The fourth-order valence-corrected chi connectivity index (χ4v) is 6.43. The number of carbonyl (C=O) groups is 2. The van der Waals surface area contributed by atoms with Gasteiger partial charge in [-0.15, -0.1) is 0 Å². The van der Waals surface area contributed by atoms with E-state index in [9.17, 15) is 9.59 Å². The number of ether oxygens (including phenoxy) is 8. The van der Waals surface area contributed by atoms with Crippen LogP contribution in [0, 0.1) is 0 Å². The SMILES string of the molecule is COCOc1ccc2c3c1C(=O)[C@H]1O[C@H]1[C@@]31O[C@@]3(O2)c2c1cc(Cl)c(OCOC)c2C(=O)[C@H]1O[C@H]13. The second-order valence-corrected chi connectivity index (χ2v) is 9.60. The number of benzene rings is 2. The van der Waals surface area contributed by atoms with Gasteiger partial charge in [0.05, 0.1) is 16.1 Å². The Morgan fingerprint density at radius 2 is 1.66 bits per heavy atom. The van der Waals surface area contributed by atoms with Crippen LogP contribution in [0.4, 0.5) is 0 Å². The monoisotopic (exact) mass is 500 g/mol. The minimum Gasteiger partial charge on any atom is -0.467 e. The van der Waals surface area contributed by atoms with Gasteiger partial charge in [-0.25, -0.2) is 0 Å². The molecule has 0 radical (unpaired) electrons. The van der Waals surface area contributed by atoms with Gasteiger partial charge in [0.25, 0.3) is 5.79 Å². The molecule has 2 spiro atoms. The van der Waals surface area contributed by atoms with Gasteiger partial charge in [-0.05, 0) is 18.2 Å². The second-order valence-electron chi connectivity index (χ2n) is 9.19. The molecule has 8 rings (SSSR count). The van der Waals surface area contributed by atoms with Crippen LogP contribution in [0.5, 0.6) is 17.2 Å². The van der Waals surface area contributed by atoms with E-state index in [-0.39, 0.29) is 41.5 Å². The van der Waals surface area contributed by atoms with Gasteiger partial charge >= 0.3 is 0 Å². The van der Waals surface area contributed by atoms with Crippen molar-refractivity contribution in [3.05, 3.63) is 51.0 Å². The number of hydrogen-bond donors (Lipinski definition) is 0. The zero-order chi connectivity index (χ0) is 23.9. The molecule has 6 aliphatic rings. The molecule has 0 aromatic heterocycles. The number of methoxy groups -OCH3 is 2. The van der Waals surface area contributed by atoms with Gasteiger partial charge in [0, 0.05) is 30.9 Å². The van der Waals surface area contributed by atoms with Gasteiger partial charge in [0.2, 0.25) is 0 Å². The smallest absolute Gasteiger partial charge is 0.269 e. The Labute approximate surface area is 202 Å². The summed E-state index contributed by atoms with van der Waals surface area (Å²) in [6.07, 6.45) is -2.78. The van der Waals surface area contributed by atoms with Crippen molar-refractivity contribution in [1.29, 1.82) is 0 Å². The summed E-state index contributed by atoms with van der Waals surface area (Å²) in [7, 11) is 2.96. The number of carbonyl (C=O) groups excluding carboxylic acids is 2. The molecule has 0 unspecified atom stereocenters. The average molecular weight is 501 g/mol. The number of hydrogen-bond acceptors (Lipinski definition) is 10. The predicted molar refractivity (Wildman–Crippen MR) is 113 cm³/mol. The lowest BCUT2D eigenvalue weighted by atomic mass is 9.72. The van der Waals surface area contributed by atoms with Gasteiger partial charge in [0.1, 0.15) is 17.6 Å². The zero-order valence-corrected chi connectivity index (χ0v) is 19.2. The summed E-state index contributed by atoms with van der Waals surface area (Å²) < 4.78 is 46.6. The first-order valence-corrected chi connectivity index (χ1v) is 11.4. The molecule has 0 saturated carbocycles. The Morgan fingerprint density at radius 3 is 2.46 bits per heavy atom. The summed E-state index contributed by atoms with van der Waals surface area (Å²) in [6.45, 7) is -0.161. The summed E-state index contributed by atoms with van der Waals surface area (Å²) in [5, 5.41) is 0.202. The van der Waals surface area contributed by atoms with Crippen LogP contribution in [-0.4, -0.2) is 63.8 Å². The summed E-state index contributed by atoms with van der Waals surface area (Å²) in [4.78, 5) is 26.8. The van der Waals surface area contributed by atoms with Gasteiger partial charge < -0.3 is 37.9 Å². The van der Waals surface area contributed by atoms with E-state index in [2.05, 4.69) is 0 Å². The largest absolute Gasteiger partial charge is 0.467 e. The molecule has 4 aliphatic heterocycles. The maximum atomic E-state index is 13.4. The van der Waals surface area contributed by atoms with Crippen molar-refractivity contribution in [3.8, 4) is 17.2 Å². The summed E-state index contributed by atoms with van der Waals surface area (Å²) in [6, 6.07) is 5.08. The highest BCUT2D eigenvalue weighted by atomic mass is 35.5. The number of ketones is 2. The number of Topliss-reactive ketones (excluding diaryl/α,β-unsaturated/α-hetero) is 2. The number of epoxide rings is 2. The molecule has 2 aromatic carbocycles. The highest BCUT2D eigenvalue weighted by Gasteiger charge is 2.81. The maximum absolute atomic E-state index is 13.4. The van der Waals surface area contributed by atoms with Gasteiger partial charge in [-0.3, -0.25) is 9.59 Å².